The first-order chi connectivity index (χ1) is 7.66. The Morgan fingerprint density at radius 1 is 1.19 bits per heavy atom. The Balaban J connectivity index is 2.08. The number of hydrogen-bond acceptors (Lipinski definition) is 1. The Morgan fingerprint density at radius 3 is 2.62 bits per heavy atom. The molecule has 16 heavy (non-hydrogen) atoms. The van der Waals surface area contributed by atoms with Gasteiger partial charge >= 0.3 is 0 Å². The summed E-state index contributed by atoms with van der Waals surface area (Å²) in [6.45, 7) is 5.13. The molecule has 2 heteroatoms. The Kier molecular flexibility index (Phi) is 3.00. The molecule has 0 radical (unpaired) electrons. The average molecular weight is 214 g/mol. The van der Waals surface area contributed by atoms with E-state index in [4.69, 9.17) is 0 Å². The van der Waals surface area contributed by atoms with E-state index in [9.17, 15) is 0 Å². The predicted molar refractivity (Wildman–Crippen MR) is 68.7 cm³/mol. The van der Waals surface area contributed by atoms with E-state index in [1.165, 1.54) is 22.5 Å². The molecule has 2 rings (SSSR count). The van der Waals surface area contributed by atoms with Gasteiger partial charge in [-0.25, -0.2) is 0 Å². The summed E-state index contributed by atoms with van der Waals surface area (Å²) in [4.78, 5) is 0. The average Bonchev–Trinajstić information content (AvgIpc) is 2.63. The molecule has 0 aliphatic carbocycles. The molecule has 1 N–H and O–H groups in total. The zero-order chi connectivity index (χ0) is 11.5. The number of nitrogens with one attached hydrogen (secondary N) is 1. The molecule has 1 aromatic carbocycles. The van der Waals surface area contributed by atoms with Gasteiger partial charge in [-0.2, -0.15) is 0 Å². The molecule has 0 saturated heterocycles. The fourth-order valence-electron chi connectivity index (χ4n) is 1.88. The maximum Gasteiger partial charge on any atom is 0.0553 e. The van der Waals surface area contributed by atoms with Crippen LogP contribution in [0.4, 0.5) is 5.69 Å². The molecule has 0 bridgehead atoms. The lowest BCUT2D eigenvalue weighted by Gasteiger charge is -2.10. The van der Waals surface area contributed by atoms with Crippen LogP contribution in [0.15, 0.2) is 36.5 Å². The van der Waals surface area contributed by atoms with Crippen molar-refractivity contribution in [3.8, 4) is 0 Å². The lowest BCUT2D eigenvalue weighted by molar-refractivity contribution is 0.842. The fourth-order valence-corrected chi connectivity index (χ4v) is 1.88. The summed E-state index contributed by atoms with van der Waals surface area (Å²) >= 11 is 0. The lowest BCUT2D eigenvalue weighted by atomic mass is 10.1. The standard InChI is InChI=1S/C14H18N2/c1-11-6-7-14(12(2)9-11)15-10-13-5-4-8-16(13)3/h4-9,15H,10H2,1-3H3. The molecule has 84 valence electrons. The van der Waals surface area contributed by atoms with Crippen molar-refractivity contribution in [3.05, 3.63) is 53.3 Å². The highest BCUT2D eigenvalue weighted by molar-refractivity contribution is 5.52. The summed E-state index contributed by atoms with van der Waals surface area (Å²) in [5.74, 6) is 0. The molecule has 0 spiro atoms. The molecule has 0 fully saturated rings. The Bertz CT molecular complexity index is 483. The molecule has 0 aliphatic heterocycles. The second-order valence-corrected chi connectivity index (χ2v) is 4.28. The second kappa shape index (κ2) is 4.44. The van der Waals surface area contributed by atoms with Crippen LogP contribution in [0.3, 0.4) is 0 Å². The highest BCUT2D eigenvalue weighted by Gasteiger charge is 2.00. The van der Waals surface area contributed by atoms with Gasteiger partial charge in [0.25, 0.3) is 0 Å². The third kappa shape index (κ3) is 2.27. The molecular formula is C14H18N2. The van der Waals surface area contributed by atoms with Crippen LogP contribution in [0.1, 0.15) is 16.8 Å². The van der Waals surface area contributed by atoms with E-state index in [2.05, 4.69) is 67.3 Å². The van der Waals surface area contributed by atoms with Crippen LogP contribution in [0.25, 0.3) is 0 Å². The van der Waals surface area contributed by atoms with E-state index in [-0.39, 0.29) is 0 Å². The maximum atomic E-state index is 3.46. The van der Waals surface area contributed by atoms with Crippen LogP contribution in [0.2, 0.25) is 0 Å². The van der Waals surface area contributed by atoms with Gasteiger partial charge in [-0.3, -0.25) is 0 Å². The first kappa shape index (κ1) is 10.8. The quantitative estimate of drug-likeness (QED) is 0.830. The first-order valence-electron chi connectivity index (χ1n) is 5.58. The van der Waals surface area contributed by atoms with Gasteiger partial charge in [-0.15, -0.1) is 0 Å². The van der Waals surface area contributed by atoms with E-state index in [1.807, 2.05) is 0 Å². The van der Waals surface area contributed by atoms with Crippen molar-refractivity contribution in [2.75, 3.05) is 5.32 Å². The van der Waals surface area contributed by atoms with Crippen LogP contribution in [0, 0.1) is 13.8 Å². The minimum atomic E-state index is 0.868. The largest absolute Gasteiger partial charge is 0.379 e. The highest BCUT2D eigenvalue weighted by atomic mass is 15.0. The number of rotatable bonds is 3. The van der Waals surface area contributed by atoms with Gasteiger partial charge in [-0.05, 0) is 37.6 Å². The summed E-state index contributed by atoms with van der Waals surface area (Å²) in [5.41, 5.74) is 5.11. The van der Waals surface area contributed by atoms with Gasteiger partial charge in [0.05, 0.1) is 6.54 Å². The number of hydrogen-bond donors (Lipinski definition) is 1. The van der Waals surface area contributed by atoms with E-state index in [1.54, 1.807) is 0 Å². The summed E-state index contributed by atoms with van der Waals surface area (Å²) in [6, 6.07) is 10.7. The molecule has 1 aromatic heterocycles. The van der Waals surface area contributed by atoms with E-state index in [0.717, 1.165) is 6.54 Å². The molecule has 0 atom stereocenters. The second-order valence-electron chi connectivity index (χ2n) is 4.28. The normalized spacial score (nSPS) is 10.4. The maximum absolute atomic E-state index is 3.46. The van der Waals surface area contributed by atoms with Crippen LogP contribution in [0.5, 0.6) is 0 Å². The van der Waals surface area contributed by atoms with Crippen molar-refractivity contribution >= 4 is 5.69 Å². The molecule has 2 nitrogen and oxygen atoms in total. The Labute approximate surface area is 96.9 Å². The summed E-state index contributed by atoms with van der Waals surface area (Å²) < 4.78 is 2.14. The van der Waals surface area contributed by atoms with Crippen molar-refractivity contribution in [2.24, 2.45) is 7.05 Å². The topological polar surface area (TPSA) is 17.0 Å². The number of aryl methyl sites for hydroxylation is 3. The Morgan fingerprint density at radius 2 is 2.00 bits per heavy atom. The third-order valence-corrected chi connectivity index (χ3v) is 2.89. The number of nitrogens with zero attached hydrogens (tertiary/aromatic N) is 1. The SMILES string of the molecule is Cc1ccc(NCc2cccn2C)c(C)c1. The zero-order valence-corrected chi connectivity index (χ0v) is 10.1. The summed E-state index contributed by atoms with van der Waals surface area (Å²) in [6.07, 6.45) is 2.07. The van der Waals surface area contributed by atoms with Crippen molar-refractivity contribution in [3.63, 3.8) is 0 Å². The van der Waals surface area contributed by atoms with Gasteiger partial charge in [0.2, 0.25) is 0 Å². The van der Waals surface area contributed by atoms with Crippen LogP contribution in [-0.4, -0.2) is 4.57 Å². The summed E-state index contributed by atoms with van der Waals surface area (Å²) in [7, 11) is 2.07. The smallest absolute Gasteiger partial charge is 0.0553 e. The minimum absolute atomic E-state index is 0.868. The minimum Gasteiger partial charge on any atom is -0.379 e. The van der Waals surface area contributed by atoms with Gasteiger partial charge in [0.15, 0.2) is 0 Å². The third-order valence-electron chi connectivity index (χ3n) is 2.89. The lowest BCUT2D eigenvalue weighted by Crippen LogP contribution is -2.05. The molecule has 0 amide bonds. The van der Waals surface area contributed by atoms with Crippen molar-refractivity contribution in [1.82, 2.24) is 4.57 Å². The molecular weight excluding hydrogens is 196 g/mol. The summed E-state index contributed by atoms with van der Waals surface area (Å²) in [5, 5.41) is 3.46. The van der Waals surface area contributed by atoms with Gasteiger partial charge in [0, 0.05) is 24.6 Å². The number of anilines is 1. The van der Waals surface area contributed by atoms with Gasteiger partial charge in [0.1, 0.15) is 0 Å². The molecule has 0 unspecified atom stereocenters. The van der Waals surface area contributed by atoms with E-state index >= 15 is 0 Å². The van der Waals surface area contributed by atoms with Crippen LogP contribution < -0.4 is 5.32 Å². The van der Waals surface area contributed by atoms with Gasteiger partial charge in [-0.1, -0.05) is 17.7 Å². The van der Waals surface area contributed by atoms with Crippen LogP contribution >= 0.6 is 0 Å². The van der Waals surface area contributed by atoms with Crippen molar-refractivity contribution < 1.29 is 0 Å². The van der Waals surface area contributed by atoms with E-state index < -0.39 is 0 Å². The van der Waals surface area contributed by atoms with E-state index in [0.29, 0.717) is 0 Å². The molecule has 2 aromatic rings. The van der Waals surface area contributed by atoms with Gasteiger partial charge < -0.3 is 9.88 Å². The molecule has 0 aliphatic rings. The number of benzene rings is 1. The number of aromatic nitrogens is 1. The van der Waals surface area contributed by atoms with Crippen molar-refractivity contribution in [2.45, 2.75) is 20.4 Å². The van der Waals surface area contributed by atoms with Crippen molar-refractivity contribution in [1.29, 1.82) is 0 Å². The highest BCUT2D eigenvalue weighted by Crippen LogP contribution is 2.16. The van der Waals surface area contributed by atoms with Crippen LogP contribution in [-0.2, 0) is 13.6 Å². The predicted octanol–water partition coefficient (Wildman–Crippen LogP) is 3.25. The first-order valence-corrected chi connectivity index (χ1v) is 5.58. The monoisotopic (exact) mass is 214 g/mol. The molecule has 1 heterocycles. The zero-order valence-electron chi connectivity index (χ0n) is 10.1. The fraction of sp³-hybridized carbons (Fsp3) is 0.286. The molecule has 0 saturated carbocycles. The Hall–Kier alpha value is -1.70.